The normalized spacial score (nSPS) is 13.5. The Labute approximate surface area is 122 Å². The van der Waals surface area contributed by atoms with Gasteiger partial charge in [0.2, 0.25) is 0 Å². The summed E-state index contributed by atoms with van der Waals surface area (Å²) in [5, 5.41) is 3.98. The number of nitrogens with one attached hydrogen (secondary N) is 2. The van der Waals surface area contributed by atoms with E-state index in [1.807, 2.05) is 25.3 Å². The number of aromatic nitrogens is 2. The van der Waals surface area contributed by atoms with E-state index < -0.39 is 0 Å². The minimum atomic E-state index is 0.0285. The third-order valence-corrected chi connectivity index (χ3v) is 3.92. The summed E-state index contributed by atoms with van der Waals surface area (Å²) in [7, 11) is 0. The molecule has 0 unspecified atom stereocenters. The average Bonchev–Trinajstić information content (AvgIpc) is 3.02. The van der Waals surface area contributed by atoms with Crippen LogP contribution >= 0.6 is 0 Å². The number of rotatable bonds is 2. The van der Waals surface area contributed by atoms with Crippen molar-refractivity contribution in [1.82, 2.24) is 15.3 Å². The van der Waals surface area contributed by atoms with Gasteiger partial charge in [-0.25, -0.2) is 4.98 Å². The van der Waals surface area contributed by atoms with Gasteiger partial charge in [-0.15, -0.1) is 0 Å². The minimum Gasteiger partial charge on any atom is -0.348 e. The van der Waals surface area contributed by atoms with Crippen LogP contribution < -0.4 is 5.32 Å². The van der Waals surface area contributed by atoms with Crippen molar-refractivity contribution in [1.29, 1.82) is 0 Å². The summed E-state index contributed by atoms with van der Waals surface area (Å²) >= 11 is 0. The third-order valence-electron chi connectivity index (χ3n) is 3.92. The standard InChI is InChI=1S/C17H15N3O/c1-10-4-13-7-14(20-16(13)18-8-10)5-11-2-3-12-9-19-17(21)15(12)6-11/h2-4,6-8H,5,9H2,1H3,(H,18,20)(H,19,21). The van der Waals surface area contributed by atoms with Crippen LogP contribution in [0.3, 0.4) is 0 Å². The molecule has 0 radical (unpaired) electrons. The molecule has 0 spiro atoms. The van der Waals surface area contributed by atoms with E-state index in [1.54, 1.807) is 0 Å². The molecule has 1 aromatic carbocycles. The topological polar surface area (TPSA) is 57.8 Å². The van der Waals surface area contributed by atoms with Crippen molar-refractivity contribution in [3.8, 4) is 0 Å². The van der Waals surface area contributed by atoms with E-state index >= 15 is 0 Å². The molecule has 3 heterocycles. The Morgan fingerprint density at radius 3 is 3.05 bits per heavy atom. The average molecular weight is 277 g/mol. The molecule has 2 N–H and O–H groups in total. The van der Waals surface area contributed by atoms with Crippen LogP contribution in [0.15, 0.2) is 36.5 Å². The summed E-state index contributed by atoms with van der Waals surface area (Å²) in [5.74, 6) is 0.0285. The predicted molar refractivity (Wildman–Crippen MR) is 81.2 cm³/mol. The number of benzene rings is 1. The van der Waals surface area contributed by atoms with Gasteiger partial charge >= 0.3 is 0 Å². The lowest BCUT2D eigenvalue weighted by Crippen LogP contribution is -2.12. The van der Waals surface area contributed by atoms with Gasteiger partial charge in [0.15, 0.2) is 0 Å². The van der Waals surface area contributed by atoms with Gasteiger partial charge in [-0.1, -0.05) is 12.1 Å². The Balaban J connectivity index is 1.68. The van der Waals surface area contributed by atoms with E-state index in [-0.39, 0.29) is 5.91 Å². The van der Waals surface area contributed by atoms with Crippen LogP contribution in [0.5, 0.6) is 0 Å². The number of hydrogen-bond donors (Lipinski definition) is 2. The van der Waals surface area contributed by atoms with Gasteiger partial charge in [0, 0.05) is 35.8 Å². The molecule has 0 aliphatic carbocycles. The highest BCUT2D eigenvalue weighted by Gasteiger charge is 2.18. The van der Waals surface area contributed by atoms with Crippen molar-refractivity contribution in [2.24, 2.45) is 0 Å². The second kappa shape index (κ2) is 4.45. The van der Waals surface area contributed by atoms with Crippen molar-refractivity contribution in [3.05, 3.63) is 64.5 Å². The van der Waals surface area contributed by atoms with Crippen molar-refractivity contribution < 1.29 is 4.79 Å². The Bertz CT molecular complexity index is 864. The van der Waals surface area contributed by atoms with Gasteiger partial charge in [-0.05, 0) is 41.8 Å². The van der Waals surface area contributed by atoms with Crippen LogP contribution in [0.2, 0.25) is 0 Å². The van der Waals surface area contributed by atoms with Crippen LogP contribution in [0.1, 0.15) is 32.7 Å². The molecule has 0 bridgehead atoms. The number of aromatic amines is 1. The molecule has 0 saturated carbocycles. The molecule has 104 valence electrons. The molecule has 1 aliphatic heterocycles. The number of H-pyrrole nitrogens is 1. The first-order valence-corrected chi connectivity index (χ1v) is 7.03. The Kier molecular flexibility index (Phi) is 2.57. The van der Waals surface area contributed by atoms with E-state index in [0.29, 0.717) is 6.54 Å². The van der Waals surface area contributed by atoms with Gasteiger partial charge in [-0.3, -0.25) is 4.79 Å². The molecule has 1 amide bonds. The van der Waals surface area contributed by atoms with Gasteiger partial charge in [0.1, 0.15) is 5.65 Å². The summed E-state index contributed by atoms with van der Waals surface area (Å²) in [6.45, 7) is 2.68. The highest BCUT2D eigenvalue weighted by atomic mass is 16.1. The smallest absolute Gasteiger partial charge is 0.251 e. The van der Waals surface area contributed by atoms with E-state index in [4.69, 9.17) is 0 Å². The molecule has 2 aromatic heterocycles. The largest absolute Gasteiger partial charge is 0.348 e. The third kappa shape index (κ3) is 2.09. The summed E-state index contributed by atoms with van der Waals surface area (Å²) in [6, 6.07) is 10.4. The first-order chi connectivity index (χ1) is 10.2. The quantitative estimate of drug-likeness (QED) is 0.756. The van der Waals surface area contributed by atoms with Gasteiger partial charge in [0.05, 0.1) is 0 Å². The molecule has 0 saturated heterocycles. The Morgan fingerprint density at radius 2 is 2.14 bits per heavy atom. The fourth-order valence-electron chi connectivity index (χ4n) is 2.87. The first kappa shape index (κ1) is 12.1. The summed E-state index contributed by atoms with van der Waals surface area (Å²) in [5.41, 5.74) is 6.20. The Hall–Kier alpha value is -2.62. The first-order valence-electron chi connectivity index (χ1n) is 7.03. The van der Waals surface area contributed by atoms with E-state index in [0.717, 1.165) is 45.4 Å². The lowest BCUT2D eigenvalue weighted by molar-refractivity contribution is 0.0965. The number of carbonyl (C=O) groups is 1. The van der Waals surface area contributed by atoms with Gasteiger partial charge in [-0.2, -0.15) is 0 Å². The van der Waals surface area contributed by atoms with Crippen molar-refractivity contribution in [2.75, 3.05) is 0 Å². The molecule has 0 fully saturated rings. The van der Waals surface area contributed by atoms with Crippen molar-refractivity contribution in [2.45, 2.75) is 19.9 Å². The number of aryl methyl sites for hydroxylation is 1. The minimum absolute atomic E-state index is 0.0285. The molecule has 21 heavy (non-hydrogen) atoms. The summed E-state index contributed by atoms with van der Waals surface area (Å²) in [6.07, 6.45) is 2.64. The fourth-order valence-corrected chi connectivity index (χ4v) is 2.87. The zero-order valence-electron chi connectivity index (χ0n) is 11.7. The Morgan fingerprint density at radius 1 is 1.24 bits per heavy atom. The maximum absolute atomic E-state index is 11.7. The number of carbonyl (C=O) groups excluding carboxylic acids is 1. The number of pyridine rings is 1. The van der Waals surface area contributed by atoms with Crippen LogP contribution in [-0.2, 0) is 13.0 Å². The molecule has 4 rings (SSSR count). The summed E-state index contributed by atoms with van der Waals surface area (Å²) in [4.78, 5) is 19.5. The zero-order chi connectivity index (χ0) is 14.4. The van der Waals surface area contributed by atoms with Gasteiger partial charge < -0.3 is 10.3 Å². The van der Waals surface area contributed by atoms with Crippen LogP contribution in [-0.4, -0.2) is 15.9 Å². The lowest BCUT2D eigenvalue weighted by Gasteiger charge is -2.02. The van der Waals surface area contributed by atoms with E-state index in [2.05, 4.69) is 33.5 Å². The lowest BCUT2D eigenvalue weighted by atomic mass is 10.0. The SMILES string of the molecule is Cc1cnc2[nH]c(Cc3ccc4c(c3)C(=O)NC4)cc2c1. The summed E-state index contributed by atoms with van der Waals surface area (Å²) < 4.78 is 0. The second-order valence-electron chi connectivity index (χ2n) is 5.60. The van der Waals surface area contributed by atoms with Gasteiger partial charge in [0.25, 0.3) is 5.91 Å². The molecule has 4 nitrogen and oxygen atoms in total. The monoisotopic (exact) mass is 277 g/mol. The zero-order valence-corrected chi connectivity index (χ0v) is 11.7. The highest BCUT2D eigenvalue weighted by molar-refractivity contribution is 5.98. The molecular formula is C17H15N3O. The number of amides is 1. The molecular weight excluding hydrogens is 262 g/mol. The number of fused-ring (bicyclic) bond motifs is 2. The van der Waals surface area contributed by atoms with E-state index in [1.165, 1.54) is 0 Å². The molecule has 0 atom stereocenters. The van der Waals surface area contributed by atoms with Crippen molar-refractivity contribution >= 4 is 16.9 Å². The van der Waals surface area contributed by atoms with E-state index in [9.17, 15) is 4.79 Å². The molecule has 3 aromatic rings. The second-order valence-corrected chi connectivity index (χ2v) is 5.60. The maximum Gasteiger partial charge on any atom is 0.251 e. The molecule has 4 heteroatoms. The maximum atomic E-state index is 11.7. The molecule has 1 aliphatic rings. The fraction of sp³-hybridized carbons (Fsp3) is 0.176. The number of hydrogen-bond acceptors (Lipinski definition) is 2. The highest BCUT2D eigenvalue weighted by Crippen LogP contribution is 2.21. The number of nitrogens with zero attached hydrogens (tertiary/aromatic N) is 1. The predicted octanol–water partition coefficient (Wildman–Crippen LogP) is 2.71. The van der Waals surface area contributed by atoms with Crippen LogP contribution in [0.4, 0.5) is 0 Å². The van der Waals surface area contributed by atoms with Crippen LogP contribution in [0, 0.1) is 6.92 Å². The van der Waals surface area contributed by atoms with Crippen LogP contribution in [0.25, 0.3) is 11.0 Å². The van der Waals surface area contributed by atoms with Crippen molar-refractivity contribution in [3.63, 3.8) is 0 Å².